The van der Waals surface area contributed by atoms with Gasteiger partial charge in [-0.1, -0.05) is 0 Å². The Morgan fingerprint density at radius 1 is 1.00 bits per heavy atom. The van der Waals surface area contributed by atoms with Crippen molar-refractivity contribution >= 4 is 23.2 Å². The van der Waals surface area contributed by atoms with Gasteiger partial charge in [-0.3, -0.25) is 19.0 Å². The van der Waals surface area contributed by atoms with Crippen LogP contribution in [0.25, 0.3) is 0 Å². The van der Waals surface area contributed by atoms with E-state index in [-0.39, 0.29) is 18.3 Å². The van der Waals surface area contributed by atoms with E-state index in [1.165, 1.54) is 16.7 Å². The van der Waals surface area contributed by atoms with Gasteiger partial charge in [0.15, 0.2) is 11.5 Å². The normalized spacial score (nSPS) is 14.2. The van der Waals surface area contributed by atoms with Crippen molar-refractivity contribution in [3.05, 3.63) is 69.0 Å². The highest BCUT2D eigenvalue weighted by Gasteiger charge is 2.26. The lowest BCUT2D eigenvalue weighted by atomic mass is 10.2. The molecule has 1 N–H and O–H groups in total. The highest BCUT2D eigenvalue weighted by Crippen LogP contribution is 2.32. The third-order valence-electron chi connectivity index (χ3n) is 5.16. The topological polar surface area (TPSA) is 108 Å². The molecule has 2 aromatic carbocycles. The van der Waals surface area contributed by atoms with E-state index in [0.717, 1.165) is 4.68 Å². The van der Waals surface area contributed by atoms with E-state index in [9.17, 15) is 18.8 Å². The average Bonchev–Trinajstić information content (AvgIpc) is 3.21. The van der Waals surface area contributed by atoms with Gasteiger partial charge >= 0.3 is 11.1 Å². The summed E-state index contributed by atoms with van der Waals surface area (Å²) in [6.45, 7) is 1.07. The zero-order chi connectivity index (χ0) is 22.2. The molecule has 0 saturated carbocycles. The molecule has 3 heterocycles. The summed E-state index contributed by atoms with van der Waals surface area (Å²) in [4.78, 5) is 39.3. The Kier molecular flexibility index (Phi) is 4.85. The van der Waals surface area contributed by atoms with Crippen molar-refractivity contribution in [2.45, 2.75) is 13.1 Å². The molecule has 0 radical (unpaired) electrons. The number of rotatable bonds is 4. The lowest BCUT2D eigenvalue weighted by Gasteiger charge is -2.19. The highest BCUT2D eigenvalue weighted by atomic mass is 19.1. The fourth-order valence-corrected chi connectivity index (χ4v) is 3.66. The number of nitrogens with one attached hydrogen (secondary N) is 1. The van der Waals surface area contributed by atoms with Crippen LogP contribution in [-0.2, 0) is 17.9 Å². The van der Waals surface area contributed by atoms with E-state index in [4.69, 9.17) is 9.47 Å². The van der Waals surface area contributed by atoms with E-state index in [1.54, 1.807) is 35.2 Å². The molecule has 0 fully saturated rings. The maximum atomic E-state index is 13.3. The second-order valence-electron chi connectivity index (χ2n) is 7.25. The molecule has 164 valence electrons. The summed E-state index contributed by atoms with van der Waals surface area (Å²) >= 11 is 0. The maximum Gasteiger partial charge on any atom is 0.333 e. The summed E-state index contributed by atoms with van der Waals surface area (Å²) in [5.74, 6) is 0.383. The van der Waals surface area contributed by atoms with Crippen LogP contribution in [0.3, 0.4) is 0 Å². The number of aromatic nitrogens is 3. The smallest absolute Gasteiger partial charge is 0.333 e. The molecule has 11 heteroatoms. The molecule has 0 bridgehead atoms. The monoisotopic (exact) mass is 439 g/mol. The molecular weight excluding hydrogens is 421 g/mol. The van der Waals surface area contributed by atoms with Crippen LogP contribution >= 0.6 is 0 Å². The van der Waals surface area contributed by atoms with Crippen molar-refractivity contribution < 1.29 is 18.7 Å². The number of hydrogen-bond donors (Lipinski definition) is 1. The van der Waals surface area contributed by atoms with Crippen LogP contribution in [-0.4, -0.2) is 40.0 Å². The van der Waals surface area contributed by atoms with Crippen LogP contribution < -0.4 is 30.8 Å². The number of nitrogens with zero attached hydrogens (tertiary/aromatic N) is 4. The zero-order valence-electron chi connectivity index (χ0n) is 16.8. The van der Waals surface area contributed by atoms with Gasteiger partial charge in [-0.2, -0.15) is 0 Å². The van der Waals surface area contributed by atoms with Gasteiger partial charge in [0.1, 0.15) is 25.6 Å². The Hall–Kier alpha value is -4.15. The predicted molar refractivity (Wildman–Crippen MR) is 112 cm³/mol. The fourth-order valence-electron chi connectivity index (χ4n) is 3.66. The Morgan fingerprint density at radius 3 is 2.53 bits per heavy atom. The number of amides is 1. The van der Waals surface area contributed by atoms with Gasteiger partial charge in [-0.25, -0.2) is 9.07 Å². The third-order valence-corrected chi connectivity index (χ3v) is 5.16. The molecule has 0 saturated heterocycles. The van der Waals surface area contributed by atoms with Gasteiger partial charge in [-0.05, 0) is 36.4 Å². The van der Waals surface area contributed by atoms with Crippen LogP contribution in [0, 0.1) is 5.82 Å². The van der Waals surface area contributed by atoms with Gasteiger partial charge in [0.2, 0.25) is 11.9 Å². The molecule has 2 aliphatic rings. The minimum Gasteiger partial charge on any atom is -0.486 e. The number of carbonyl (C=O) groups is 1. The van der Waals surface area contributed by atoms with Crippen molar-refractivity contribution in [3.8, 4) is 11.5 Å². The lowest BCUT2D eigenvalue weighted by molar-refractivity contribution is -0.117. The number of benzene rings is 2. The second-order valence-corrected chi connectivity index (χ2v) is 7.25. The standard InChI is InChI=1S/C21H18FN5O5/c22-13-1-4-15(5-2-13)25-7-8-26-19(29)20(30)27(24-21(25)26)12-18(28)23-14-3-6-16-17(11-14)32-10-9-31-16/h1-6,11H,7-10,12H2,(H,23,28). The minimum absolute atomic E-state index is 0.216. The molecule has 1 amide bonds. The number of carbonyl (C=O) groups excluding carboxylic acids is 1. The Balaban J connectivity index is 1.39. The highest BCUT2D eigenvalue weighted by molar-refractivity contribution is 5.90. The molecule has 32 heavy (non-hydrogen) atoms. The second kappa shape index (κ2) is 7.84. The summed E-state index contributed by atoms with van der Waals surface area (Å²) in [5, 5.41) is 6.91. The molecule has 0 atom stereocenters. The first-order valence-corrected chi connectivity index (χ1v) is 9.94. The summed E-state index contributed by atoms with van der Waals surface area (Å²) < 4.78 is 26.3. The Morgan fingerprint density at radius 2 is 1.75 bits per heavy atom. The maximum absolute atomic E-state index is 13.3. The van der Waals surface area contributed by atoms with Crippen LogP contribution in [0.5, 0.6) is 11.5 Å². The van der Waals surface area contributed by atoms with Crippen molar-refractivity contribution in [3.63, 3.8) is 0 Å². The first-order valence-electron chi connectivity index (χ1n) is 9.94. The van der Waals surface area contributed by atoms with Gasteiger partial charge < -0.3 is 19.7 Å². The van der Waals surface area contributed by atoms with Gasteiger partial charge in [-0.15, -0.1) is 5.10 Å². The molecule has 1 aromatic heterocycles. The summed E-state index contributed by atoms with van der Waals surface area (Å²) in [5.41, 5.74) is -0.590. The third kappa shape index (κ3) is 3.57. The molecule has 3 aromatic rings. The quantitative estimate of drug-likeness (QED) is 0.607. The number of hydrogen-bond acceptors (Lipinski definition) is 7. The van der Waals surface area contributed by atoms with E-state index in [0.29, 0.717) is 42.6 Å². The first-order chi connectivity index (χ1) is 15.5. The van der Waals surface area contributed by atoms with Crippen molar-refractivity contribution in [2.75, 3.05) is 30.0 Å². The molecule has 5 rings (SSSR count). The Bertz CT molecular complexity index is 1320. The molecule has 0 aliphatic carbocycles. The SMILES string of the molecule is O=C(Cn1nc2n(c(=O)c1=O)CCN2c1ccc(F)cc1)Nc1ccc2c(c1)OCCO2. The van der Waals surface area contributed by atoms with Gasteiger partial charge in [0.25, 0.3) is 0 Å². The van der Waals surface area contributed by atoms with Gasteiger partial charge in [0.05, 0.1) is 0 Å². The fraction of sp³-hybridized carbons (Fsp3) is 0.238. The predicted octanol–water partition coefficient (Wildman–Crippen LogP) is 1.11. The summed E-state index contributed by atoms with van der Waals surface area (Å²) in [6, 6.07) is 10.7. The molecule has 0 unspecified atom stereocenters. The van der Waals surface area contributed by atoms with E-state index < -0.39 is 23.6 Å². The van der Waals surface area contributed by atoms with Crippen LogP contribution in [0.2, 0.25) is 0 Å². The largest absolute Gasteiger partial charge is 0.486 e. The number of anilines is 3. The number of ether oxygens (including phenoxy) is 2. The van der Waals surface area contributed by atoms with E-state index >= 15 is 0 Å². The van der Waals surface area contributed by atoms with E-state index in [2.05, 4.69) is 10.4 Å². The molecule has 2 aliphatic heterocycles. The number of halogens is 1. The van der Waals surface area contributed by atoms with E-state index in [1.807, 2.05) is 0 Å². The van der Waals surface area contributed by atoms with Crippen molar-refractivity contribution in [1.29, 1.82) is 0 Å². The minimum atomic E-state index is -0.896. The van der Waals surface area contributed by atoms with Crippen LogP contribution in [0.1, 0.15) is 0 Å². The zero-order valence-corrected chi connectivity index (χ0v) is 16.8. The van der Waals surface area contributed by atoms with Crippen LogP contribution in [0.4, 0.5) is 21.7 Å². The molecule has 0 spiro atoms. The summed E-state index contributed by atoms with van der Waals surface area (Å²) in [7, 11) is 0. The molecular formula is C21H18FN5O5. The number of fused-ring (bicyclic) bond motifs is 2. The van der Waals surface area contributed by atoms with Crippen LogP contribution in [0.15, 0.2) is 52.1 Å². The van der Waals surface area contributed by atoms with Gasteiger partial charge in [0, 0.05) is 30.5 Å². The first kappa shape index (κ1) is 19.8. The summed E-state index contributed by atoms with van der Waals surface area (Å²) in [6.07, 6.45) is 0. The van der Waals surface area contributed by atoms with Crippen molar-refractivity contribution in [2.24, 2.45) is 0 Å². The lowest BCUT2D eigenvalue weighted by Crippen LogP contribution is -2.44. The van der Waals surface area contributed by atoms with Crippen molar-refractivity contribution in [1.82, 2.24) is 14.3 Å². The molecule has 10 nitrogen and oxygen atoms in total. The Labute approximate surface area is 180 Å². The average molecular weight is 439 g/mol.